The molecule has 1 N–H and O–H groups in total. The fourth-order valence-corrected chi connectivity index (χ4v) is 3.20. The van der Waals surface area contributed by atoms with E-state index in [1.807, 2.05) is 48.5 Å². The Morgan fingerprint density at radius 2 is 1.91 bits per heavy atom. The Bertz CT molecular complexity index is 847. The first-order valence-electron chi connectivity index (χ1n) is 7.06. The summed E-state index contributed by atoms with van der Waals surface area (Å²) < 4.78 is 5.13. The lowest BCUT2D eigenvalue weighted by atomic mass is 10.1. The van der Waals surface area contributed by atoms with Crippen molar-refractivity contribution in [3.63, 3.8) is 0 Å². The Balaban J connectivity index is 1.88. The third-order valence-electron chi connectivity index (χ3n) is 3.45. The van der Waals surface area contributed by atoms with Crippen LogP contribution in [0.4, 0.5) is 0 Å². The molecule has 0 saturated carbocycles. The second kappa shape index (κ2) is 6.71. The third-order valence-corrected chi connectivity index (χ3v) is 4.52. The molecule has 0 radical (unpaired) electrons. The van der Waals surface area contributed by atoms with Crippen molar-refractivity contribution in [3.8, 4) is 5.75 Å². The van der Waals surface area contributed by atoms with E-state index in [4.69, 9.17) is 4.74 Å². The standard InChI is InChI=1S/C18H15NO3S/c1-22-14-8-6-12(7-9-14)11-23-17-15(18(20)21)10-13-4-2-3-5-16(13)19-17/h2-10H,11H2,1H3,(H,20,21). The summed E-state index contributed by atoms with van der Waals surface area (Å²) in [6.45, 7) is 0. The first kappa shape index (κ1) is 15.4. The van der Waals surface area contributed by atoms with Gasteiger partial charge in [0.05, 0.1) is 18.2 Å². The lowest BCUT2D eigenvalue weighted by molar-refractivity contribution is 0.0692. The number of carbonyl (C=O) groups is 1. The largest absolute Gasteiger partial charge is 0.497 e. The molecule has 0 spiro atoms. The molecule has 0 unspecified atom stereocenters. The summed E-state index contributed by atoms with van der Waals surface area (Å²) in [6.07, 6.45) is 0. The van der Waals surface area contributed by atoms with Gasteiger partial charge in [-0.15, -0.1) is 11.8 Å². The van der Waals surface area contributed by atoms with Gasteiger partial charge in [0.25, 0.3) is 0 Å². The summed E-state index contributed by atoms with van der Waals surface area (Å²) in [4.78, 5) is 16.0. The Kier molecular flexibility index (Phi) is 4.48. The number of pyridine rings is 1. The van der Waals surface area contributed by atoms with E-state index in [-0.39, 0.29) is 5.56 Å². The Hall–Kier alpha value is -2.53. The highest BCUT2D eigenvalue weighted by atomic mass is 32.2. The highest BCUT2D eigenvalue weighted by Gasteiger charge is 2.14. The smallest absolute Gasteiger partial charge is 0.338 e. The van der Waals surface area contributed by atoms with Crippen LogP contribution in [0.15, 0.2) is 59.6 Å². The molecular weight excluding hydrogens is 310 g/mol. The van der Waals surface area contributed by atoms with E-state index >= 15 is 0 Å². The molecule has 0 saturated heterocycles. The summed E-state index contributed by atoms with van der Waals surface area (Å²) in [5, 5.41) is 10.8. The van der Waals surface area contributed by atoms with Crippen molar-refractivity contribution in [2.45, 2.75) is 10.8 Å². The summed E-state index contributed by atoms with van der Waals surface area (Å²) in [5.41, 5.74) is 2.12. The molecule has 0 aliphatic carbocycles. The Morgan fingerprint density at radius 3 is 2.61 bits per heavy atom. The van der Waals surface area contributed by atoms with Crippen LogP contribution < -0.4 is 4.74 Å². The van der Waals surface area contributed by atoms with Crippen LogP contribution in [0.3, 0.4) is 0 Å². The van der Waals surface area contributed by atoms with Gasteiger partial charge in [0.15, 0.2) is 0 Å². The van der Waals surface area contributed by atoms with Crippen LogP contribution in [-0.4, -0.2) is 23.2 Å². The first-order valence-corrected chi connectivity index (χ1v) is 8.05. The minimum absolute atomic E-state index is 0.238. The SMILES string of the molecule is COc1ccc(CSc2nc3ccccc3cc2C(=O)O)cc1. The van der Waals surface area contributed by atoms with E-state index in [1.54, 1.807) is 13.2 Å². The third kappa shape index (κ3) is 3.46. The van der Waals surface area contributed by atoms with E-state index in [0.717, 1.165) is 22.2 Å². The van der Waals surface area contributed by atoms with E-state index in [1.165, 1.54) is 11.8 Å². The number of carboxylic acids is 1. The molecule has 1 aromatic heterocycles. The molecule has 5 heteroatoms. The Morgan fingerprint density at radius 1 is 1.17 bits per heavy atom. The molecule has 116 valence electrons. The second-order valence-electron chi connectivity index (χ2n) is 4.98. The van der Waals surface area contributed by atoms with Crippen molar-refractivity contribution in [2.75, 3.05) is 7.11 Å². The van der Waals surface area contributed by atoms with Crippen LogP contribution in [0, 0.1) is 0 Å². The topological polar surface area (TPSA) is 59.4 Å². The van der Waals surface area contributed by atoms with E-state index in [2.05, 4.69) is 4.98 Å². The van der Waals surface area contributed by atoms with E-state index in [9.17, 15) is 9.90 Å². The molecule has 23 heavy (non-hydrogen) atoms. The molecule has 2 aromatic carbocycles. The number of methoxy groups -OCH3 is 1. The zero-order valence-electron chi connectivity index (χ0n) is 12.5. The zero-order chi connectivity index (χ0) is 16.2. The predicted molar refractivity (Wildman–Crippen MR) is 91.3 cm³/mol. The number of benzene rings is 2. The van der Waals surface area contributed by atoms with Crippen molar-refractivity contribution in [1.82, 2.24) is 4.98 Å². The number of rotatable bonds is 5. The normalized spacial score (nSPS) is 10.7. The highest BCUT2D eigenvalue weighted by molar-refractivity contribution is 7.98. The number of para-hydroxylation sites is 1. The molecule has 0 amide bonds. The van der Waals surface area contributed by atoms with Crippen LogP contribution in [0.25, 0.3) is 10.9 Å². The van der Waals surface area contributed by atoms with Gasteiger partial charge in [-0.1, -0.05) is 30.3 Å². The maximum atomic E-state index is 11.5. The van der Waals surface area contributed by atoms with Crippen LogP contribution in [-0.2, 0) is 5.75 Å². The molecule has 0 bridgehead atoms. The predicted octanol–water partition coefficient (Wildman–Crippen LogP) is 4.23. The van der Waals surface area contributed by atoms with Gasteiger partial charge >= 0.3 is 5.97 Å². The quantitative estimate of drug-likeness (QED) is 0.711. The van der Waals surface area contributed by atoms with Crippen LogP contribution >= 0.6 is 11.8 Å². The minimum atomic E-state index is -0.958. The van der Waals surface area contributed by atoms with Crippen LogP contribution in [0.5, 0.6) is 5.75 Å². The second-order valence-corrected chi connectivity index (χ2v) is 5.94. The van der Waals surface area contributed by atoms with Crippen molar-refractivity contribution in [1.29, 1.82) is 0 Å². The number of carboxylic acid groups (broad SMARTS) is 1. The maximum absolute atomic E-state index is 11.5. The van der Waals surface area contributed by atoms with Gasteiger partial charge in [-0.3, -0.25) is 0 Å². The summed E-state index contributed by atoms with van der Waals surface area (Å²) in [7, 11) is 1.63. The van der Waals surface area contributed by atoms with Gasteiger partial charge in [0.2, 0.25) is 0 Å². The Labute approximate surface area is 138 Å². The van der Waals surface area contributed by atoms with Crippen molar-refractivity contribution >= 4 is 28.6 Å². The van der Waals surface area contributed by atoms with Crippen molar-refractivity contribution in [3.05, 3.63) is 65.7 Å². The zero-order valence-corrected chi connectivity index (χ0v) is 13.3. The summed E-state index contributed by atoms with van der Waals surface area (Å²) in [6, 6.07) is 16.9. The van der Waals surface area contributed by atoms with Crippen LogP contribution in [0.1, 0.15) is 15.9 Å². The number of thioether (sulfide) groups is 1. The molecule has 1 heterocycles. The number of fused-ring (bicyclic) bond motifs is 1. The molecule has 0 aliphatic rings. The monoisotopic (exact) mass is 325 g/mol. The number of aromatic carboxylic acids is 1. The fourth-order valence-electron chi connectivity index (χ4n) is 2.23. The van der Waals surface area contributed by atoms with Gasteiger partial charge in [-0.2, -0.15) is 0 Å². The number of ether oxygens (including phenoxy) is 1. The molecule has 0 atom stereocenters. The molecule has 3 aromatic rings. The fraction of sp³-hybridized carbons (Fsp3) is 0.111. The van der Waals surface area contributed by atoms with E-state index in [0.29, 0.717) is 10.8 Å². The van der Waals surface area contributed by atoms with Crippen molar-refractivity contribution in [2.24, 2.45) is 0 Å². The number of aromatic nitrogens is 1. The van der Waals surface area contributed by atoms with Gasteiger partial charge < -0.3 is 9.84 Å². The highest BCUT2D eigenvalue weighted by Crippen LogP contribution is 2.28. The number of hydrogen-bond acceptors (Lipinski definition) is 4. The average molecular weight is 325 g/mol. The average Bonchev–Trinajstić information content (AvgIpc) is 2.59. The number of hydrogen-bond donors (Lipinski definition) is 1. The van der Waals surface area contributed by atoms with Gasteiger partial charge in [-0.05, 0) is 29.8 Å². The van der Waals surface area contributed by atoms with Crippen molar-refractivity contribution < 1.29 is 14.6 Å². The van der Waals surface area contributed by atoms with Gasteiger partial charge in [-0.25, -0.2) is 9.78 Å². The molecular formula is C18H15NO3S. The molecule has 3 rings (SSSR count). The first-order chi connectivity index (χ1) is 11.2. The number of nitrogens with zero attached hydrogens (tertiary/aromatic N) is 1. The maximum Gasteiger partial charge on any atom is 0.338 e. The summed E-state index contributed by atoms with van der Waals surface area (Å²) >= 11 is 1.42. The molecule has 4 nitrogen and oxygen atoms in total. The van der Waals surface area contributed by atoms with Gasteiger partial charge in [0.1, 0.15) is 10.8 Å². The van der Waals surface area contributed by atoms with Crippen LogP contribution in [0.2, 0.25) is 0 Å². The molecule has 0 aliphatic heterocycles. The molecule has 0 fully saturated rings. The lowest BCUT2D eigenvalue weighted by Crippen LogP contribution is -2.01. The lowest BCUT2D eigenvalue weighted by Gasteiger charge is -2.08. The van der Waals surface area contributed by atoms with Gasteiger partial charge in [0, 0.05) is 11.1 Å². The summed E-state index contributed by atoms with van der Waals surface area (Å²) in [5.74, 6) is 0.490. The minimum Gasteiger partial charge on any atom is -0.497 e. The van der Waals surface area contributed by atoms with E-state index < -0.39 is 5.97 Å².